The average Bonchev–Trinajstić information content (AvgIpc) is 1.66. The lowest BCUT2D eigenvalue weighted by Gasteiger charge is -1.92. The van der Waals surface area contributed by atoms with Crippen molar-refractivity contribution in [1.82, 2.24) is 0 Å². The van der Waals surface area contributed by atoms with Gasteiger partial charge in [0.2, 0.25) is 6.29 Å². The zero-order chi connectivity index (χ0) is 6.41. The van der Waals surface area contributed by atoms with E-state index in [0.29, 0.717) is 0 Å². The molecule has 0 saturated carbocycles. The molecule has 0 amide bonds. The Hall–Kier alpha value is -0.860. The van der Waals surface area contributed by atoms with Gasteiger partial charge in [-0.25, -0.2) is 0 Å². The van der Waals surface area contributed by atoms with Crippen molar-refractivity contribution in [3.05, 3.63) is 0 Å². The van der Waals surface area contributed by atoms with Crippen LogP contribution in [0.2, 0.25) is 0 Å². The molecule has 0 aliphatic rings. The topological polar surface area (TPSA) is 43.4 Å². The molecule has 3 nitrogen and oxygen atoms in total. The number of rotatable bonds is 3. The van der Waals surface area contributed by atoms with Gasteiger partial charge in [0, 0.05) is 13.3 Å². The predicted octanol–water partition coefficient (Wildman–Crippen LogP) is 0.0493. The molecular weight excluding hydrogens is 108 g/mol. The van der Waals surface area contributed by atoms with E-state index in [1.165, 1.54) is 6.92 Å². The second-order valence-electron chi connectivity index (χ2n) is 1.23. The summed E-state index contributed by atoms with van der Waals surface area (Å²) in [6, 6.07) is 0. The molecule has 0 aromatic heterocycles. The number of carbonyl (C=O) groups excluding carboxylic acids is 2. The Morgan fingerprint density at radius 2 is 2.38 bits per heavy atom. The van der Waals surface area contributed by atoms with Gasteiger partial charge in [-0.05, 0) is 0 Å². The molecule has 45 valence electrons. The number of carbonyl (C=O) groups is 1. The fourth-order valence-electron chi connectivity index (χ4n) is 0.236. The molecule has 0 rings (SSSR count). The highest BCUT2D eigenvalue weighted by Crippen LogP contribution is 1.77. The van der Waals surface area contributed by atoms with E-state index in [1.807, 2.05) is 0 Å². The van der Waals surface area contributed by atoms with Crippen molar-refractivity contribution in [1.29, 1.82) is 0 Å². The normalized spacial score (nSPS) is 8.12. The first-order chi connectivity index (χ1) is 3.77. The van der Waals surface area contributed by atoms with Crippen molar-refractivity contribution in [3.63, 3.8) is 0 Å². The summed E-state index contributed by atoms with van der Waals surface area (Å²) in [6.45, 7) is 1.45. The molecule has 0 saturated heterocycles. The quantitative estimate of drug-likeness (QED) is 0.385. The van der Waals surface area contributed by atoms with Crippen LogP contribution in [0.4, 0.5) is 0 Å². The van der Waals surface area contributed by atoms with Gasteiger partial charge in [-0.3, -0.25) is 9.59 Å². The highest BCUT2D eigenvalue weighted by Gasteiger charge is 1.89. The maximum absolute atomic E-state index is 9.97. The van der Waals surface area contributed by atoms with Crippen molar-refractivity contribution < 1.29 is 14.3 Å². The molecule has 0 aliphatic heterocycles. The molecule has 0 aromatic carbocycles. The molecule has 0 fully saturated rings. The number of hydrogen-bond donors (Lipinski definition) is 0. The largest absolute Gasteiger partial charge is 0.465 e. The summed E-state index contributed by atoms with van der Waals surface area (Å²) in [5.41, 5.74) is 0. The minimum absolute atomic E-state index is 0.152. The van der Waals surface area contributed by atoms with E-state index < -0.39 is 0 Å². The molecule has 0 atom stereocenters. The Morgan fingerprint density at radius 1 is 1.75 bits per heavy atom. The minimum Gasteiger partial charge on any atom is -0.465 e. The average molecular weight is 115 g/mol. The van der Waals surface area contributed by atoms with Crippen molar-refractivity contribution in [2.24, 2.45) is 0 Å². The van der Waals surface area contributed by atoms with Crippen molar-refractivity contribution >= 4 is 12.3 Å². The van der Waals surface area contributed by atoms with Crippen LogP contribution in [0.1, 0.15) is 13.3 Å². The second kappa shape index (κ2) is 4.30. The van der Waals surface area contributed by atoms with E-state index in [1.54, 1.807) is 6.29 Å². The predicted molar refractivity (Wildman–Crippen MR) is 26.9 cm³/mol. The van der Waals surface area contributed by atoms with Gasteiger partial charge < -0.3 is 4.74 Å². The van der Waals surface area contributed by atoms with Crippen LogP contribution in [-0.2, 0) is 14.3 Å². The van der Waals surface area contributed by atoms with E-state index in [-0.39, 0.29) is 19.0 Å². The molecule has 0 N–H and O–H groups in total. The molecule has 3 heteroatoms. The molecule has 0 heterocycles. The van der Waals surface area contributed by atoms with Gasteiger partial charge in [0.05, 0.1) is 6.61 Å². The Kier molecular flexibility index (Phi) is 3.84. The van der Waals surface area contributed by atoms with Crippen molar-refractivity contribution in [2.75, 3.05) is 6.61 Å². The van der Waals surface area contributed by atoms with Crippen LogP contribution in [0, 0.1) is 0 Å². The van der Waals surface area contributed by atoms with Crippen LogP contribution >= 0.6 is 0 Å². The third-order valence-corrected chi connectivity index (χ3v) is 0.509. The Morgan fingerprint density at radius 3 is 2.75 bits per heavy atom. The zero-order valence-corrected chi connectivity index (χ0v) is 4.64. The molecule has 0 unspecified atom stereocenters. The monoisotopic (exact) mass is 115 g/mol. The Labute approximate surface area is 47.6 Å². The smallest absolute Gasteiger partial charge is 0.302 e. The highest BCUT2D eigenvalue weighted by molar-refractivity contribution is 5.66. The lowest BCUT2D eigenvalue weighted by atomic mass is 10.5. The van der Waals surface area contributed by atoms with E-state index in [9.17, 15) is 9.59 Å². The highest BCUT2D eigenvalue weighted by atomic mass is 16.5. The molecule has 0 spiro atoms. The van der Waals surface area contributed by atoms with Gasteiger partial charge >= 0.3 is 5.97 Å². The first kappa shape index (κ1) is 7.14. The molecule has 1 radical (unpaired) electrons. The molecule has 0 aromatic rings. The Balaban J connectivity index is 2.93. The molecule has 0 bridgehead atoms. The van der Waals surface area contributed by atoms with Crippen LogP contribution < -0.4 is 0 Å². The lowest BCUT2D eigenvalue weighted by Crippen LogP contribution is -2.00. The van der Waals surface area contributed by atoms with Gasteiger partial charge in [0.1, 0.15) is 0 Å². The van der Waals surface area contributed by atoms with E-state index >= 15 is 0 Å². The summed E-state index contributed by atoms with van der Waals surface area (Å²) in [6.07, 6.45) is 1.76. The van der Waals surface area contributed by atoms with E-state index in [4.69, 9.17) is 0 Å². The summed E-state index contributed by atoms with van der Waals surface area (Å²) >= 11 is 0. The maximum Gasteiger partial charge on any atom is 0.302 e. The summed E-state index contributed by atoms with van der Waals surface area (Å²) in [7, 11) is 0. The van der Waals surface area contributed by atoms with Crippen LogP contribution in [-0.4, -0.2) is 18.9 Å². The standard InChI is InChI=1S/C5H7O3/c1-5(7)8-4-2-3-6/h2,4H2,1H3. The van der Waals surface area contributed by atoms with Crippen molar-refractivity contribution in [3.8, 4) is 0 Å². The van der Waals surface area contributed by atoms with Gasteiger partial charge in [0.25, 0.3) is 0 Å². The van der Waals surface area contributed by atoms with Gasteiger partial charge in [-0.2, -0.15) is 0 Å². The maximum atomic E-state index is 9.97. The third-order valence-electron chi connectivity index (χ3n) is 0.509. The first-order valence-electron chi connectivity index (χ1n) is 2.25. The van der Waals surface area contributed by atoms with Crippen LogP contribution in [0.25, 0.3) is 0 Å². The fraction of sp³-hybridized carbons (Fsp3) is 0.600. The van der Waals surface area contributed by atoms with E-state index in [0.717, 1.165) is 0 Å². The SMILES string of the molecule is CC(=O)OCC[C]=O. The van der Waals surface area contributed by atoms with Crippen LogP contribution in [0.3, 0.4) is 0 Å². The van der Waals surface area contributed by atoms with Gasteiger partial charge in [-0.15, -0.1) is 0 Å². The van der Waals surface area contributed by atoms with Crippen LogP contribution in [0.15, 0.2) is 0 Å². The van der Waals surface area contributed by atoms with E-state index in [2.05, 4.69) is 4.74 Å². The third kappa shape index (κ3) is 5.14. The number of ether oxygens (including phenoxy) is 1. The summed E-state index contributed by atoms with van der Waals surface area (Å²) < 4.78 is 4.38. The lowest BCUT2D eigenvalue weighted by molar-refractivity contribution is -0.140. The van der Waals surface area contributed by atoms with Crippen LogP contribution in [0.5, 0.6) is 0 Å². The van der Waals surface area contributed by atoms with Gasteiger partial charge in [-0.1, -0.05) is 0 Å². The minimum atomic E-state index is -0.361. The first-order valence-corrected chi connectivity index (χ1v) is 2.25. The number of esters is 1. The van der Waals surface area contributed by atoms with Crippen molar-refractivity contribution in [2.45, 2.75) is 13.3 Å². The molecule has 8 heavy (non-hydrogen) atoms. The zero-order valence-electron chi connectivity index (χ0n) is 4.64. The number of hydrogen-bond acceptors (Lipinski definition) is 3. The molecule has 0 aliphatic carbocycles. The Bertz CT molecular complexity index is 87.7. The summed E-state index contributed by atoms with van der Waals surface area (Å²) in [5.74, 6) is -0.361. The summed E-state index contributed by atoms with van der Waals surface area (Å²) in [4.78, 5) is 19.4. The second-order valence-corrected chi connectivity index (χ2v) is 1.23. The fourth-order valence-corrected chi connectivity index (χ4v) is 0.236. The molecular formula is C5H7O3. The summed E-state index contributed by atoms with van der Waals surface area (Å²) in [5, 5.41) is 0. The van der Waals surface area contributed by atoms with Gasteiger partial charge in [0.15, 0.2) is 0 Å².